The van der Waals surface area contributed by atoms with Crippen molar-refractivity contribution in [3.05, 3.63) is 29.3 Å². The zero-order valence-corrected chi connectivity index (χ0v) is 11.4. The van der Waals surface area contributed by atoms with Crippen LogP contribution in [0.25, 0.3) is 0 Å². The molecule has 0 radical (unpaired) electrons. The molecule has 0 aromatic heterocycles. The number of carbonyl (C=O) groups excluding carboxylic acids is 2. The van der Waals surface area contributed by atoms with Gasteiger partial charge in [0, 0.05) is 0 Å². The van der Waals surface area contributed by atoms with Crippen LogP contribution in [0.3, 0.4) is 0 Å². The molecule has 0 saturated heterocycles. The highest BCUT2D eigenvalue weighted by Gasteiger charge is 2.39. The first kappa shape index (κ1) is 14.2. The Morgan fingerprint density at radius 1 is 1.17 bits per heavy atom. The molecule has 1 rings (SSSR count). The van der Waals surface area contributed by atoms with Crippen LogP contribution in [-0.4, -0.2) is 26.0 Å². The van der Waals surface area contributed by atoms with Gasteiger partial charge in [-0.1, -0.05) is 11.6 Å². The summed E-state index contributed by atoms with van der Waals surface area (Å²) in [6.45, 7) is 4.97. The summed E-state index contributed by atoms with van der Waals surface area (Å²) in [4.78, 5) is 24.1. The standard InChI is InChI=1S/C14H18O4/c1-9-6-7-11(17-4)10(8-9)12(15)14(2,3)13(16)18-5/h6-8H,1-5H3. The number of carbonyl (C=O) groups is 2. The summed E-state index contributed by atoms with van der Waals surface area (Å²) in [5.41, 5.74) is 0.100. The molecule has 0 bridgehead atoms. The van der Waals surface area contributed by atoms with Crippen LogP contribution in [0.4, 0.5) is 0 Å². The predicted octanol–water partition coefficient (Wildman–Crippen LogP) is 2.39. The first-order valence-electron chi connectivity index (χ1n) is 5.62. The molecule has 0 atom stereocenters. The molecular formula is C14H18O4. The van der Waals surface area contributed by atoms with Gasteiger partial charge >= 0.3 is 5.97 Å². The average molecular weight is 250 g/mol. The molecular weight excluding hydrogens is 232 g/mol. The number of hydrogen-bond acceptors (Lipinski definition) is 4. The summed E-state index contributed by atoms with van der Waals surface area (Å²) in [6.07, 6.45) is 0. The van der Waals surface area contributed by atoms with E-state index < -0.39 is 11.4 Å². The van der Waals surface area contributed by atoms with Crippen LogP contribution in [0.15, 0.2) is 18.2 Å². The number of rotatable bonds is 4. The van der Waals surface area contributed by atoms with Gasteiger partial charge in [0.25, 0.3) is 0 Å². The van der Waals surface area contributed by atoms with Crippen molar-refractivity contribution in [1.29, 1.82) is 0 Å². The van der Waals surface area contributed by atoms with E-state index in [1.54, 1.807) is 26.0 Å². The van der Waals surface area contributed by atoms with Gasteiger partial charge in [-0.3, -0.25) is 9.59 Å². The van der Waals surface area contributed by atoms with Crippen LogP contribution >= 0.6 is 0 Å². The Morgan fingerprint density at radius 3 is 2.28 bits per heavy atom. The summed E-state index contributed by atoms with van der Waals surface area (Å²) in [7, 11) is 2.76. The first-order chi connectivity index (χ1) is 8.34. The second-order valence-corrected chi connectivity index (χ2v) is 4.65. The van der Waals surface area contributed by atoms with E-state index in [1.165, 1.54) is 14.2 Å². The number of ether oxygens (including phenoxy) is 2. The normalized spacial score (nSPS) is 10.9. The van der Waals surface area contributed by atoms with Crippen LogP contribution in [0.1, 0.15) is 29.8 Å². The summed E-state index contributed by atoms with van der Waals surface area (Å²) in [5, 5.41) is 0. The lowest BCUT2D eigenvalue weighted by molar-refractivity contribution is -0.147. The molecule has 98 valence electrons. The van der Waals surface area contributed by atoms with Gasteiger partial charge in [-0.25, -0.2) is 0 Å². The van der Waals surface area contributed by atoms with Gasteiger partial charge < -0.3 is 9.47 Å². The molecule has 1 aromatic carbocycles. The van der Waals surface area contributed by atoms with E-state index in [4.69, 9.17) is 4.74 Å². The second-order valence-electron chi connectivity index (χ2n) is 4.65. The van der Waals surface area contributed by atoms with E-state index in [9.17, 15) is 9.59 Å². The monoisotopic (exact) mass is 250 g/mol. The molecule has 4 heteroatoms. The van der Waals surface area contributed by atoms with Gasteiger partial charge in [0.15, 0.2) is 5.78 Å². The minimum Gasteiger partial charge on any atom is -0.496 e. The molecule has 0 amide bonds. The van der Waals surface area contributed by atoms with E-state index in [-0.39, 0.29) is 5.78 Å². The van der Waals surface area contributed by atoms with E-state index in [0.717, 1.165) is 5.56 Å². The third-order valence-electron chi connectivity index (χ3n) is 2.86. The molecule has 0 unspecified atom stereocenters. The molecule has 0 aliphatic rings. The molecule has 4 nitrogen and oxygen atoms in total. The average Bonchev–Trinajstić information content (AvgIpc) is 2.36. The van der Waals surface area contributed by atoms with Crippen LogP contribution in [0.5, 0.6) is 5.75 Å². The maximum Gasteiger partial charge on any atom is 0.319 e. The topological polar surface area (TPSA) is 52.6 Å². The van der Waals surface area contributed by atoms with Crippen molar-refractivity contribution in [3.8, 4) is 5.75 Å². The maximum absolute atomic E-state index is 12.4. The van der Waals surface area contributed by atoms with Crippen LogP contribution in [-0.2, 0) is 9.53 Å². The van der Waals surface area contributed by atoms with Crippen LogP contribution in [0.2, 0.25) is 0 Å². The SMILES string of the molecule is COC(=O)C(C)(C)C(=O)c1cc(C)ccc1OC. The minimum atomic E-state index is -1.23. The molecule has 0 spiro atoms. The molecule has 18 heavy (non-hydrogen) atoms. The Bertz CT molecular complexity index is 475. The van der Waals surface area contributed by atoms with Crippen molar-refractivity contribution >= 4 is 11.8 Å². The number of aryl methyl sites for hydroxylation is 1. The van der Waals surface area contributed by atoms with E-state index in [1.807, 2.05) is 13.0 Å². The summed E-state index contributed by atoms with van der Waals surface area (Å²) in [5.74, 6) is -0.409. The van der Waals surface area contributed by atoms with Crippen LogP contribution < -0.4 is 4.74 Å². The zero-order valence-electron chi connectivity index (χ0n) is 11.4. The van der Waals surface area contributed by atoms with Crippen molar-refractivity contribution in [2.24, 2.45) is 5.41 Å². The third-order valence-corrected chi connectivity index (χ3v) is 2.86. The second kappa shape index (κ2) is 5.21. The number of esters is 1. The number of Topliss-reactive ketones (excluding diaryl/α,β-unsaturated/α-hetero) is 1. The minimum absolute atomic E-state index is 0.310. The highest BCUT2D eigenvalue weighted by molar-refractivity contribution is 6.13. The quantitative estimate of drug-likeness (QED) is 0.467. The number of ketones is 1. The molecule has 0 aliphatic carbocycles. The van der Waals surface area contributed by atoms with Crippen molar-refractivity contribution in [3.63, 3.8) is 0 Å². The summed E-state index contributed by atoms with van der Waals surface area (Å²) in [6, 6.07) is 5.28. The van der Waals surface area contributed by atoms with Gasteiger partial charge in [0.05, 0.1) is 19.8 Å². The Labute approximate surface area is 107 Å². The predicted molar refractivity (Wildman–Crippen MR) is 67.9 cm³/mol. The molecule has 0 N–H and O–H groups in total. The molecule has 0 heterocycles. The van der Waals surface area contributed by atoms with Gasteiger partial charge in [-0.15, -0.1) is 0 Å². The lowest BCUT2D eigenvalue weighted by Crippen LogP contribution is -2.34. The molecule has 0 aliphatic heterocycles. The highest BCUT2D eigenvalue weighted by atomic mass is 16.5. The first-order valence-corrected chi connectivity index (χ1v) is 5.62. The van der Waals surface area contributed by atoms with E-state index >= 15 is 0 Å². The fourth-order valence-corrected chi connectivity index (χ4v) is 1.68. The lowest BCUT2D eigenvalue weighted by atomic mass is 9.83. The van der Waals surface area contributed by atoms with Crippen molar-refractivity contribution in [2.75, 3.05) is 14.2 Å². The van der Waals surface area contributed by atoms with Crippen molar-refractivity contribution < 1.29 is 19.1 Å². The molecule has 1 aromatic rings. The lowest BCUT2D eigenvalue weighted by Gasteiger charge is -2.21. The smallest absolute Gasteiger partial charge is 0.319 e. The van der Waals surface area contributed by atoms with E-state index in [0.29, 0.717) is 11.3 Å². The number of methoxy groups -OCH3 is 2. The van der Waals surface area contributed by atoms with Gasteiger partial charge in [0.2, 0.25) is 0 Å². The summed E-state index contributed by atoms with van der Waals surface area (Å²) >= 11 is 0. The Balaban J connectivity index is 3.26. The summed E-state index contributed by atoms with van der Waals surface area (Å²) < 4.78 is 9.82. The Kier molecular flexibility index (Phi) is 4.11. The maximum atomic E-state index is 12.4. The molecule has 0 fully saturated rings. The zero-order chi connectivity index (χ0) is 13.9. The number of hydrogen-bond donors (Lipinski definition) is 0. The third kappa shape index (κ3) is 2.53. The largest absolute Gasteiger partial charge is 0.496 e. The van der Waals surface area contributed by atoms with Gasteiger partial charge in [0.1, 0.15) is 11.2 Å². The van der Waals surface area contributed by atoms with Gasteiger partial charge in [-0.05, 0) is 32.9 Å². The van der Waals surface area contributed by atoms with Crippen molar-refractivity contribution in [2.45, 2.75) is 20.8 Å². The van der Waals surface area contributed by atoms with Crippen molar-refractivity contribution in [1.82, 2.24) is 0 Å². The Morgan fingerprint density at radius 2 is 1.78 bits per heavy atom. The number of benzene rings is 1. The highest BCUT2D eigenvalue weighted by Crippen LogP contribution is 2.29. The van der Waals surface area contributed by atoms with E-state index in [2.05, 4.69) is 4.74 Å². The fraction of sp³-hybridized carbons (Fsp3) is 0.429. The molecule has 0 saturated carbocycles. The van der Waals surface area contributed by atoms with Gasteiger partial charge in [-0.2, -0.15) is 0 Å². The Hall–Kier alpha value is -1.84. The van der Waals surface area contributed by atoms with Crippen LogP contribution in [0, 0.1) is 12.3 Å². The fourth-order valence-electron chi connectivity index (χ4n) is 1.68.